The molecule has 3 aliphatic heterocycles. The SMILES string of the molecule is CCN1CC(C)CC(CN2CC3(CCNCC3)C2)C1. The van der Waals surface area contributed by atoms with Crippen LogP contribution >= 0.6 is 0 Å². The first-order chi connectivity index (χ1) is 9.19. The summed E-state index contributed by atoms with van der Waals surface area (Å²) in [5.41, 5.74) is 0.704. The van der Waals surface area contributed by atoms with E-state index in [-0.39, 0.29) is 0 Å². The van der Waals surface area contributed by atoms with Gasteiger partial charge in [0.15, 0.2) is 0 Å². The number of hydrogen-bond acceptors (Lipinski definition) is 3. The van der Waals surface area contributed by atoms with E-state index in [1.807, 2.05) is 0 Å². The predicted octanol–water partition coefficient (Wildman–Crippen LogP) is 1.65. The van der Waals surface area contributed by atoms with E-state index in [4.69, 9.17) is 0 Å². The van der Waals surface area contributed by atoms with Gasteiger partial charge in [0.05, 0.1) is 0 Å². The van der Waals surface area contributed by atoms with Gasteiger partial charge in [-0.05, 0) is 56.1 Å². The molecule has 3 heteroatoms. The maximum atomic E-state index is 3.50. The Labute approximate surface area is 118 Å². The lowest BCUT2D eigenvalue weighted by Crippen LogP contribution is -2.61. The summed E-state index contributed by atoms with van der Waals surface area (Å²) >= 11 is 0. The van der Waals surface area contributed by atoms with E-state index in [0.717, 1.165) is 11.8 Å². The van der Waals surface area contributed by atoms with Crippen LogP contribution in [0, 0.1) is 17.3 Å². The Balaban J connectivity index is 1.45. The maximum Gasteiger partial charge on any atom is 0.00516 e. The highest BCUT2D eigenvalue weighted by Crippen LogP contribution is 2.39. The van der Waals surface area contributed by atoms with Gasteiger partial charge in [0.2, 0.25) is 0 Å². The molecule has 0 aromatic rings. The van der Waals surface area contributed by atoms with Crippen LogP contribution in [-0.4, -0.2) is 62.2 Å². The Bertz CT molecular complexity index is 290. The van der Waals surface area contributed by atoms with Crippen molar-refractivity contribution in [1.82, 2.24) is 15.1 Å². The first-order valence-electron chi connectivity index (χ1n) is 8.34. The topological polar surface area (TPSA) is 18.5 Å². The minimum Gasteiger partial charge on any atom is -0.317 e. The molecular weight excluding hydrogens is 234 g/mol. The van der Waals surface area contributed by atoms with Gasteiger partial charge in [0.1, 0.15) is 0 Å². The average molecular weight is 265 g/mol. The molecule has 2 atom stereocenters. The highest BCUT2D eigenvalue weighted by atomic mass is 15.2. The first kappa shape index (κ1) is 13.8. The van der Waals surface area contributed by atoms with Gasteiger partial charge in [0, 0.05) is 32.7 Å². The molecule has 1 spiro atoms. The highest BCUT2D eigenvalue weighted by molar-refractivity contribution is 4.98. The van der Waals surface area contributed by atoms with E-state index in [1.165, 1.54) is 71.6 Å². The first-order valence-corrected chi connectivity index (χ1v) is 8.34. The maximum absolute atomic E-state index is 3.50. The second-order valence-electron chi connectivity index (χ2n) is 7.48. The highest BCUT2D eigenvalue weighted by Gasteiger charge is 2.43. The lowest BCUT2D eigenvalue weighted by Gasteiger charge is -2.54. The number of nitrogens with zero attached hydrogens (tertiary/aromatic N) is 2. The van der Waals surface area contributed by atoms with Crippen LogP contribution in [0.5, 0.6) is 0 Å². The zero-order chi connectivity index (χ0) is 13.3. The monoisotopic (exact) mass is 265 g/mol. The number of piperidine rings is 2. The van der Waals surface area contributed by atoms with Crippen molar-refractivity contribution >= 4 is 0 Å². The third kappa shape index (κ3) is 3.14. The van der Waals surface area contributed by atoms with Crippen molar-refractivity contribution in [2.45, 2.75) is 33.1 Å². The molecule has 0 bridgehead atoms. The Kier molecular flexibility index (Phi) is 4.16. The second-order valence-corrected chi connectivity index (χ2v) is 7.48. The van der Waals surface area contributed by atoms with Crippen molar-refractivity contribution in [1.29, 1.82) is 0 Å². The van der Waals surface area contributed by atoms with Crippen molar-refractivity contribution < 1.29 is 0 Å². The smallest absolute Gasteiger partial charge is 0.00516 e. The molecule has 0 radical (unpaired) electrons. The Morgan fingerprint density at radius 1 is 1.11 bits per heavy atom. The molecule has 0 aliphatic carbocycles. The molecule has 3 nitrogen and oxygen atoms in total. The average Bonchev–Trinajstić information content (AvgIpc) is 2.37. The summed E-state index contributed by atoms with van der Waals surface area (Å²) < 4.78 is 0. The quantitative estimate of drug-likeness (QED) is 0.837. The van der Waals surface area contributed by atoms with E-state index in [0.29, 0.717) is 5.41 Å². The molecule has 3 fully saturated rings. The van der Waals surface area contributed by atoms with E-state index < -0.39 is 0 Å². The van der Waals surface area contributed by atoms with Crippen LogP contribution in [0.2, 0.25) is 0 Å². The van der Waals surface area contributed by atoms with E-state index in [9.17, 15) is 0 Å². The van der Waals surface area contributed by atoms with E-state index >= 15 is 0 Å². The predicted molar refractivity (Wildman–Crippen MR) is 80.4 cm³/mol. The van der Waals surface area contributed by atoms with Crippen molar-refractivity contribution in [3.05, 3.63) is 0 Å². The van der Waals surface area contributed by atoms with Gasteiger partial charge in [0.25, 0.3) is 0 Å². The van der Waals surface area contributed by atoms with Crippen molar-refractivity contribution in [3.8, 4) is 0 Å². The van der Waals surface area contributed by atoms with Gasteiger partial charge in [-0.3, -0.25) is 0 Å². The van der Waals surface area contributed by atoms with Crippen LogP contribution in [0.25, 0.3) is 0 Å². The fourth-order valence-corrected chi connectivity index (χ4v) is 4.66. The van der Waals surface area contributed by atoms with Crippen LogP contribution in [0.1, 0.15) is 33.1 Å². The molecule has 2 unspecified atom stereocenters. The van der Waals surface area contributed by atoms with Gasteiger partial charge in [-0.2, -0.15) is 0 Å². The second kappa shape index (κ2) is 5.71. The number of likely N-dealkylation sites (tertiary alicyclic amines) is 2. The lowest BCUT2D eigenvalue weighted by atomic mass is 9.72. The standard InChI is InChI=1S/C16H31N3/c1-3-18-9-14(2)8-15(10-18)11-19-12-16(13-19)4-6-17-7-5-16/h14-15,17H,3-13H2,1-2H3. The number of rotatable bonds is 3. The van der Waals surface area contributed by atoms with Crippen LogP contribution < -0.4 is 5.32 Å². The normalized spacial score (nSPS) is 36.3. The van der Waals surface area contributed by atoms with Crippen LogP contribution in [0.15, 0.2) is 0 Å². The molecule has 0 saturated carbocycles. The summed E-state index contributed by atoms with van der Waals surface area (Å²) in [7, 11) is 0. The molecule has 19 heavy (non-hydrogen) atoms. The third-order valence-corrected chi connectivity index (χ3v) is 5.57. The summed E-state index contributed by atoms with van der Waals surface area (Å²) in [4.78, 5) is 5.39. The summed E-state index contributed by atoms with van der Waals surface area (Å²) in [6.45, 7) is 15.2. The van der Waals surface area contributed by atoms with E-state index in [1.54, 1.807) is 0 Å². The van der Waals surface area contributed by atoms with Crippen LogP contribution in [-0.2, 0) is 0 Å². The minimum atomic E-state index is 0.704. The van der Waals surface area contributed by atoms with Crippen LogP contribution in [0.3, 0.4) is 0 Å². The molecule has 3 saturated heterocycles. The summed E-state index contributed by atoms with van der Waals surface area (Å²) in [5, 5.41) is 3.50. The summed E-state index contributed by atoms with van der Waals surface area (Å²) in [5.74, 6) is 1.82. The van der Waals surface area contributed by atoms with Crippen LogP contribution in [0.4, 0.5) is 0 Å². The summed E-state index contributed by atoms with van der Waals surface area (Å²) in [6.07, 6.45) is 4.26. The fourth-order valence-electron chi connectivity index (χ4n) is 4.66. The fraction of sp³-hybridized carbons (Fsp3) is 1.00. The molecule has 110 valence electrons. The Morgan fingerprint density at radius 3 is 2.53 bits per heavy atom. The third-order valence-electron chi connectivity index (χ3n) is 5.57. The van der Waals surface area contributed by atoms with Crippen molar-refractivity contribution in [3.63, 3.8) is 0 Å². The Hall–Kier alpha value is -0.120. The van der Waals surface area contributed by atoms with Gasteiger partial charge in [-0.15, -0.1) is 0 Å². The zero-order valence-corrected chi connectivity index (χ0v) is 12.8. The molecular formula is C16H31N3. The van der Waals surface area contributed by atoms with Crippen molar-refractivity contribution in [2.24, 2.45) is 17.3 Å². The number of nitrogens with one attached hydrogen (secondary N) is 1. The molecule has 0 amide bonds. The lowest BCUT2D eigenvalue weighted by molar-refractivity contribution is -0.0401. The molecule has 1 N–H and O–H groups in total. The number of hydrogen-bond donors (Lipinski definition) is 1. The minimum absolute atomic E-state index is 0.704. The zero-order valence-electron chi connectivity index (χ0n) is 12.8. The van der Waals surface area contributed by atoms with Gasteiger partial charge >= 0.3 is 0 Å². The van der Waals surface area contributed by atoms with Crippen molar-refractivity contribution in [2.75, 3.05) is 52.4 Å². The van der Waals surface area contributed by atoms with E-state index in [2.05, 4.69) is 29.0 Å². The molecule has 0 aromatic carbocycles. The molecule has 0 aromatic heterocycles. The molecule has 3 rings (SSSR count). The van der Waals surface area contributed by atoms with Gasteiger partial charge in [-0.1, -0.05) is 13.8 Å². The van der Waals surface area contributed by atoms with Gasteiger partial charge in [-0.25, -0.2) is 0 Å². The largest absolute Gasteiger partial charge is 0.317 e. The molecule has 3 aliphatic rings. The van der Waals surface area contributed by atoms with Gasteiger partial charge < -0.3 is 15.1 Å². The molecule has 3 heterocycles. The Morgan fingerprint density at radius 2 is 1.84 bits per heavy atom. The summed E-state index contributed by atoms with van der Waals surface area (Å²) in [6, 6.07) is 0.